The van der Waals surface area contributed by atoms with E-state index in [0.29, 0.717) is 16.8 Å². The molecule has 3 nitrogen and oxygen atoms in total. The smallest absolute Gasteiger partial charge is 0.303 e. The lowest BCUT2D eigenvalue weighted by Gasteiger charge is -2.04. The number of fused-ring (bicyclic) bond motifs is 1. The second-order valence-electron chi connectivity index (χ2n) is 5.07. The Morgan fingerprint density at radius 2 is 1.91 bits per heavy atom. The third kappa shape index (κ3) is 2.83. The van der Waals surface area contributed by atoms with E-state index in [0.717, 1.165) is 22.3 Å². The molecule has 0 radical (unpaired) electrons. The molecule has 112 valence electrons. The largest absolute Gasteiger partial charge is 0.481 e. The lowest BCUT2D eigenvalue weighted by Crippen LogP contribution is -1.98. The van der Waals surface area contributed by atoms with E-state index in [1.807, 2.05) is 12.1 Å². The van der Waals surface area contributed by atoms with Crippen molar-refractivity contribution >= 4 is 28.5 Å². The number of hydrogen-bond acceptors (Lipinski definition) is 1. The molecule has 0 fully saturated rings. The van der Waals surface area contributed by atoms with Crippen LogP contribution in [-0.2, 0) is 11.2 Å². The van der Waals surface area contributed by atoms with Crippen molar-refractivity contribution in [2.24, 2.45) is 0 Å². The molecular formula is C17H13ClFNO2. The Morgan fingerprint density at radius 3 is 2.59 bits per heavy atom. The first kappa shape index (κ1) is 14.6. The number of benzene rings is 2. The molecule has 1 heterocycles. The molecule has 22 heavy (non-hydrogen) atoms. The summed E-state index contributed by atoms with van der Waals surface area (Å²) in [6, 6.07) is 11.7. The molecular weight excluding hydrogens is 305 g/mol. The van der Waals surface area contributed by atoms with E-state index in [9.17, 15) is 9.18 Å². The molecule has 5 heteroatoms. The Hall–Kier alpha value is -2.33. The number of H-pyrrole nitrogens is 1. The maximum Gasteiger partial charge on any atom is 0.303 e. The molecule has 2 N–H and O–H groups in total. The Bertz CT molecular complexity index is 840. The molecule has 0 bridgehead atoms. The quantitative estimate of drug-likeness (QED) is 0.736. The van der Waals surface area contributed by atoms with Gasteiger partial charge >= 0.3 is 5.97 Å². The van der Waals surface area contributed by atoms with Crippen molar-refractivity contribution in [2.75, 3.05) is 0 Å². The highest BCUT2D eigenvalue weighted by molar-refractivity contribution is 6.30. The third-order valence-electron chi connectivity index (χ3n) is 3.59. The van der Waals surface area contributed by atoms with Gasteiger partial charge in [-0.25, -0.2) is 4.39 Å². The van der Waals surface area contributed by atoms with E-state index >= 15 is 0 Å². The first-order chi connectivity index (χ1) is 10.5. The van der Waals surface area contributed by atoms with Crippen LogP contribution in [0, 0.1) is 5.82 Å². The van der Waals surface area contributed by atoms with Crippen LogP contribution in [0.3, 0.4) is 0 Å². The lowest BCUT2D eigenvalue weighted by molar-refractivity contribution is -0.136. The van der Waals surface area contributed by atoms with Crippen molar-refractivity contribution in [2.45, 2.75) is 12.8 Å². The first-order valence-electron chi connectivity index (χ1n) is 6.82. The second-order valence-corrected chi connectivity index (χ2v) is 5.51. The molecule has 0 unspecified atom stereocenters. The molecule has 0 atom stereocenters. The average molecular weight is 318 g/mol. The summed E-state index contributed by atoms with van der Waals surface area (Å²) in [6.07, 6.45) is 0.320. The molecule has 0 spiro atoms. The van der Waals surface area contributed by atoms with Crippen molar-refractivity contribution in [3.05, 3.63) is 58.9 Å². The predicted octanol–water partition coefficient (Wildman–Crippen LogP) is 4.64. The maximum absolute atomic E-state index is 13.5. The number of carbonyl (C=O) groups is 1. The van der Waals surface area contributed by atoms with E-state index in [-0.39, 0.29) is 12.2 Å². The number of carboxylic acid groups (broad SMARTS) is 1. The van der Waals surface area contributed by atoms with Crippen LogP contribution in [0.5, 0.6) is 0 Å². The Morgan fingerprint density at radius 1 is 1.18 bits per heavy atom. The molecule has 2 aromatic carbocycles. The van der Waals surface area contributed by atoms with E-state index in [2.05, 4.69) is 4.98 Å². The molecule has 3 aromatic rings. The maximum atomic E-state index is 13.5. The summed E-state index contributed by atoms with van der Waals surface area (Å²) >= 11 is 5.90. The van der Waals surface area contributed by atoms with E-state index < -0.39 is 5.97 Å². The average Bonchev–Trinajstić information content (AvgIpc) is 2.83. The number of carboxylic acids is 1. The molecule has 0 saturated heterocycles. The molecule has 0 amide bonds. The summed E-state index contributed by atoms with van der Waals surface area (Å²) in [6.45, 7) is 0. The van der Waals surface area contributed by atoms with Gasteiger partial charge in [0, 0.05) is 28.0 Å². The second kappa shape index (κ2) is 5.81. The number of hydrogen-bond donors (Lipinski definition) is 2. The van der Waals surface area contributed by atoms with Gasteiger partial charge in [0.05, 0.1) is 0 Å². The van der Waals surface area contributed by atoms with Crippen LogP contribution >= 0.6 is 11.6 Å². The molecule has 0 aliphatic carbocycles. The minimum Gasteiger partial charge on any atom is -0.481 e. The zero-order chi connectivity index (χ0) is 15.7. The van der Waals surface area contributed by atoms with Crippen LogP contribution in [-0.4, -0.2) is 16.1 Å². The highest BCUT2D eigenvalue weighted by Gasteiger charge is 2.15. The van der Waals surface area contributed by atoms with Gasteiger partial charge in [0.1, 0.15) is 5.82 Å². The van der Waals surface area contributed by atoms with Crippen molar-refractivity contribution < 1.29 is 14.3 Å². The SMILES string of the molecule is O=C(O)CCc1c(-c2ccc(Cl)cc2)[nH]c2ccc(F)cc12. The Kier molecular flexibility index (Phi) is 3.86. The summed E-state index contributed by atoms with van der Waals surface area (Å²) in [7, 11) is 0. The number of nitrogens with one attached hydrogen (secondary N) is 1. The predicted molar refractivity (Wildman–Crippen MR) is 84.7 cm³/mol. The summed E-state index contributed by atoms with van der Waals surface area (Å²) in [5.74, 6) is -1.22. The fraction of sp³-hybridized carbons (Fsp3) is 0.118. The van der Waals surface area contributed by atoms with Gasteiger partial charge in [-0.05, 0) is 47.9 Å². The highest BCUT2D eigenvalue weighted by atomic mass is 35.5. The number of aliphatic carboxylic acids is 1. The van der Waals surface area contributed by atoms with Crippen molar-refractivity contribution in [1.82, 2.24) is 4.98 Å². The van der Waals surface area contributed by atoms with Gasteiger partial charge in [-0.3, -0.25) is 4.79 Å². The molecule has 0 aliphatic heterocycles. The highest BCUT2D eigenvalue weighted by Crippen LogP contribution is 2.32. The standard InChI is InChI=1S/C17H13ClFNO2/c18-11-3-1-10(2-4-11)17-13(6-8-16(21)22)14-9-12(19)5-7-15(14)20-17/h1-5,7,9,20H,6,8H2,(H,21,22). The van der Waals surface area contributed by atoms with Gasteiger partial charge in [0.15, 0.2) is 0 Å². The molecule has 0 aliphatic rings. The van der Waals surface area contributed by atoms with Gasteiger partial charge in [-0.1, -0.05) is 23.7 Å². The zero-order valence-electron chi connectivity index (χ0n) is 11.6. The Balaban J connectivity index is 2.16. The third-order valence-corrected chi connectivity index (χ3v) is 3.84. The summed E-state index contributed by atoms with van der Waals surface area (Å²) in [4.78, 5) is 14.1. The van der Waals surface area contributed by atoms with Crippen LogP contribution in [0.25, 0.3) is 22.2 Å². The number of rotatable bonds is 4. The number of aromatic amines is 1. The van der Waals surface area contributed by atoms with Crippen LogP contribution < -0.4 is 0 Å². The van der Waals surface area contributed by atoms with Crippen molar-refractivity contribution in [3.63, 3.8) is 0 Å². The summed E-state index contributed by atoms with van der Waals surface area (Å²) in [5.41, 5.74) is 3.28. The monoisotopic (exact) mass is 317 g/mol. The van der Waals surface area contributed by atoms with Gasteiger partial charge in [-0.15, -0.1) is 0 Å². The fourth-order valence-corrected chi connectivity index (χ4v) is 2.70. The normalized spacial score (nSPS) is 11.0. The van der Waals surface area contributed by atoms with Crippen LogP contribution in [0.15, 0.2) is 42.5 Å². The first-order valence-corrected chi connectivity index (χ1v) is 7.20. The summed E-state index contributed by atoms with van der Waals surface area (Å²) < 4.78 is 13.5. The van der Waals surface area contributed by atoms with Crippen LogP contribution in [0.1, 0.15) is 12.0 Å². The van der Waals surface area contributed by atoms with Crippen LogP contribution in [0.4, 0.5) is 4.39 Å². The van der Waals surface area contributed by atoms with Crippen molar-refractivity contribution in [1.29, 1.82) is 0 Å². The van der Waals surface area contributed by atoms with Crippen molar-refractivity contribution in [3.8, 4) is 11.3 Å². The minimum atomic E-state index is -0.882. The number of aryl methyl sites for hydroxylation is 1. The van der Waals surface area contributed by atoms with Gasteiger partial charge in [0.2, 0.25) is 0 Å². The Labute approximate surface area is 131 Å². The number of halogens is 2. The fourth-order valence-electron chi connectivity index (χ4n) is 2.57. The number of aromatic nitrogens is 1. The zero-order valence-corrected chi connectivity index (χ0v) is 12.3. The lowest BCUT2D eigenvalue weighted by atomic mass is 10.0. The van der Waals surface area contributed by atoms with E-state index in [4.69, 9.17) is 16.7 Å². The van der Waals surface area contributed by atoms with Gasteiger partial charge < -0.3 is 10.1 Å². The minimum absolute atomic E-state index is 0.00986. The molecule has 3 rings (SSSR count). The van der Waals surface area contributed by atoms with E-state index in [1.54, 1.807) is 18.2 Å². The van der Waals surface area contributed by atoms with E-state index in [1.165, 1.54) is 12.1 Å². The topological polar surface area (TPSA) is 53.1 Å². The molecule has 1 aromatic heterocycles. The molecule has 0 saturated carbocycles. The van der Waals surface area contributed by atoms with Gasteiger partial charge in [0.25, 0.3) is 0 Å². The van der Waals surface area contributed by atoms with Gasteiger partial charge in [-0.2, -0.15) is 0 Å². The van der Waals surface area contributed by atoms with Crippen LogP contribution in [0.2, 0.25) is 5.02 Å². The summed E-state index contributed by atoms with van der Waals surface area (Å²) in [5, 5.41) is 10.3.